The smallest absolute Gasteiger partial charge is 0.134 e. The number of para-hydroxylation sites is 1. The van der Waals surface area contributed by atoms with E-state index in [2.05, 4.69) is 26.1 Å². The van der Waals surface area contributed by atoms with Crippen LogP contribution in [0, 0.1) is 0 Å². The summed E-state index contributed by atoms with van der Waals surface area (Å²) in [7, 11) is 3.97. The van der Waals surface area contributed by atoms with E-state index in [0.29, 0.717) is 5.75 Å². The van der Waals surface area contributed by atoms with Crippen LogP contribution in [0.25, 0.3) is 0 Å². The van der Waals surface area contributed by atoms with E-state index in [4.69, 9.17) is 0 Å². The normalized spacial score (nSPS) is 10.9. The van der Waals surface area contributed by atoms with Gasteiger partial charge in [-0.2, -0.15) is 0 Å². The number of hydrogen-bond donors (Lipinski definition) is 2. The van der Waals surface area contributed by atoms with E-state index in [1.165, 1.54) is 0 Å². The highest BCUT2D eigenvalue weighted by molar-refractivity contribution is 9.10. The summed E-state index contributed by atoms with van der Waals surface area (Å²) in [6.45, 7) is 2.67. The van der Waals surface area contributed by atoms with Crippen LogP contribution in [0.2, 0.25) is 0 Å². The summed E-state index contributed by atoms with van der Waals surface area (Å²) >= 11 is 3.31. The molecule has 2 N–H and O–H groups in total. The molecule has 0 aromatic heterocycles. The largest absolute Gasteiger partial charge is 0.506 e. The summed E-state index contributed by atoms with van der Waals surface area (Å²) in [6, 6.07) is 5.72. The Morgan fingerprint density at radius 2 is 2.20 bits per heavy atom. The van der Waals surface area contributed by atoms with E-state index < -0.39 is 0 Å². The number of hydrogen-bond acceptors (Lipinski definition) is 3. The second kappa shape index (κ2) is 6.10. The van der Waals surface area contributed by atoms with Crippen molar-refractivity contribution in [2.24, 2.45) is 0 Å². The van der Waals surface area contributed by atoms with Gasteiger partial charge in [0.2, 0.25) is 0 Å². The first-order chi connectivity index (χ1) is 7.15. The standard InChI is InChI=1S/C11H17BrN2O/c1-13-6-7-14(2)8-9-4-3-5-10(12)11(9)15/h3-5,13,15H,6-8H2,1-2H3. The van der Waals surface area contributed by atoms with Crippen molar-refractivity contribution in [2.75, 3.05) is 27.2 Å². The molecular weight excluding hydrogens is 256 g/mol. The van der Waals surface area contributed by atoms with Crippen LogP contribution in [0.4, 0.5) is 0 Å². The fourth-order valence-corrected chi connectivity index (χ4v) is 1.77. The van der Waals surface area contributed by atoms with E-state index in [1.807, 2.05) is 32.3 Å². The van der Waals surface area contributed by atoms with Gasteiger partial charge in [0.1, 0.15) is 5.75 Å². The van der Waals surface area contributed by atoms with Gasteiger partial charge >= 0.3 is 0 Å². The van der Waals surface area contributed by atoms with Crippen molar-refractivity contribution in [3.8, 4) is 5.75 Å². The molecule has 0 heterocycles. The highest BCUT2D eigenvalue weighted by Gasteiger charge is 2.06. The molecule has 0 spiro atoms. The molecule has 4 heteroatoms. The molecule has 0 radical (unpaired) electrons. The predicted octanol–water partition coefficient (Wildman–Crippen LogP) is 1.81. The number of aromatic hydroxyl groups is 1. The molecule has 0 fully saturated rings. The van der Waals surface area contributed by atoms with Gasteiger partial charge in [-0.3, -0.25) is 0 Å². The van der Waals surface area contributed by atoms with Crippen LogP contribution in [-0.2, 0) is 6.54 Å². The molecule has 0 saturated heterocycles. The van der Waals surface area contributed by atoms with Gasteiger partial charge in [0.05, 0.1) is 4.47 Å². The van der Waals surface area contributed by atoms with Crippen LogP contribution >= 0.6 is 15.9 Å². The molecule has 0 saturated carbocycles. The highest BCUT2D eigenvalue weighted by atomic mass is 79.9. The Kier molecular flexibility index (Phi) is 5.08. The van der Waals surface area contributed by atoms with E-state index in [-0.39, 0.29) is 0 Å². The molecule has 15 heavy (non-hydrogen) atoms. The summed E-state index contributed by atoms with van der Waals surface area (Å²) in [5.41, 5.74) is 0.947. The highest BCUT2D eigenvalue weighted by Crippen LogP contribution is 2.27. The summed E-state index contributed by atoms with van der Waals surface area (Å²) in [6.07, 6.45) is 0. The third-order valence-electron chi connectivity index (χ3n) is 2.25. The molecule has 0 aliphatic carbocycles. The first kappa shape index (κ1) is 12.5. The molecule has 0 bridgehead atoms. The summed E-state index contributed by atoms with van der Waals surface area (Å²) in [5.74, 6) is 0.341. The average molecular weight is 273 g/mol. The lowest BCUT2D eigenvalue weighted by Gasteiger charge is -2.17. The van der Waals surface area contributed by atoms with Gasteiger partial charge in [0.15, 0.2) is 0 Å². The minimum atomic E-state index is 0.341. The topological polar surface area (TPSA) is 35.5 Å². The molecule has 0 aliphatic rings. The minimum Gasteiger partial charge on any atom is -0.506 e. The van der Waals surface area contributed by atoms with Crippen LogP contribution in [0.5, 0.6) is 5.75 Å². The Morgan fingerprint density at radius 3 is 2.87 bits per heavy atom. The molecule has 1 rings (SSSR count). The Balaban J connectivity index is 2.60. The number of rotatable bonds is 5. The van der Waals surface area contributed by atoms with E-state index in [9.17, 15) is 5.11 Å². The number of phenols is 1. The summed E-state index contributed by atoms with van der Waals surface area (Å²) in [5, 5.41) is 12.9. The minimum absolute atomic E-state index is 0.341. The molecule has 84 valence electrons. The summed E-state index contributed by atoms with van der Waals surface area (Å²) < 4.78 is 0.752. The Morgan fingerprint density at radius 1 is 1.47 bits per heavy atom. The predicted molar refractivity (Wildman–Crippen MR) is 66.1 cm³/mol. The van der Waals surface area contributed by atoms with Crippen molar-refractivity contribution < 1.29 is 5.11 Å². The maximum absolute atomic E-state index is 9.78. The molecule has 0 atom stereocenters. The third kappa shape index (κ3) is 3.81. The van der Waals surface area contributed by atoms with Crippen molar-refractivity contribution in [1.82, 2.24) is 10.2 Å². The molecule has 0 unspecified atom stereocenters. The number of nitrogens with zero attached hydrogens (tertiary/aromatic N) is 1. The van der Waals surface area contributed by atoms with Gasteiger partial charge in [0, 0.05) is 25.2 Å². The molecule has 1 aromatic rings. The number of nitrogens with one attached hydrogen (secondary N) is 1. The van der Waals surface area contributed by atoms with Gasteiger partial charge in [-0.05, 0) is 36.1 Å². The van der Waals surface area contributed by atoms with E-state index in [1.54, 1.807) is 0 Å². The van der Waals surface area contributed by atoms with Crippen molar-refractivity contribution in [3.05, 3.63) is 28.2 Å². The van der Waals surface area contributed by atoms with Crippen LogP contribution in [0.3, 0.4) is 0 Å². The van der Waals surface area contributed by atoms with Gasteiger partial charge < -0.3 is 15.3 Å². The van der Waals surface area contributed by atoms with Crippen molar-refractivity contribution in [1.29, 1.82) is 0 Å². The zero-order valence-corrected chi connectivity index (χ0v) is 10.7. The monoisotopic (exact) mass is 272 g/mol. The van der Waals surface area contributed by atoms with Crippen molar-refractivity contribution >= 4 is 15.9 Å². The zero-order chi connectivity index (χ0) is 11.3. The molecule has 0 amide bonds. The molecule has 3 nitrogen and oxygen atoms in total. The quantitative estimate of drug-likeness (QED) is 0.858. The maximum atomic E-state index is 9.78. The second-order valence-corrected chi connectivity index (χ2v) is 4.44. The van der Waals surface area contributed by atoms with Crippen molar-refractivity contribution in [3.63, 3.8) is 0 Å². The van der Waals surface area contributed by atoms with Gasteiger partial charge in [-0.15, -0.1) is 0 Å². The average Bonchev–Trinajstić information content (AvgIpc) is 2.22. The number of likely N-dealkylation sites (N-methyl/N-ethyl adjacent to an activating group) is 2. The zero-order valence-electron chi connectivity index (χ0n) is 9.13. The number of benzene rings is 1. The van der Waals surface area contributed by atoms with Gasteiger partial charge in [0.25, 0.3) is 0 Å². The SMILES string of the molecule is CNCCN(C)Cc1cccc(Br)c1O. The van der Waals surface area contributed by atoms with Crippen LogP contribution in [-0.4, -0.2) is 37.2 Å². The van der Waals surface area contributed by atoms with Gasteiger partial charge in [-0.25, -0.2) is 0 Å². The first-order valence-corrected chi connectivity index (χ1v) is 5.74. The Hall–Kier alpha value is -0.580. The third-order valence-corrected chi connectivity index (χ3v) is 2.89. The lowest BCUT2D eigenvalue weighted by Crippen LogP contribution is -2.26. The molecule has 0 aliphatic heterocycles. The Bertz CT molecular complexity index is 317. The van der Waals surface area contributed by atoms with Crippen LogP contribution in [0.15, 0.2) is 22.7 Å². The lowest BCUT2D eigenvalue weighted by atomic mass is 10.2. The fourth-order valence-electron chi connectivity index (χ4n) is 1.36. The van der Waals surface area contributed by atoms with Crippen LogP contribution in [0.1, 0.15) is 5.56 Å². The van der Waals surface area contributed by atoms with E-state index >= 15 is 0 Å². The first-order valence-electron chi connectivity index (χ1n) is 4.94. The summed E-state index contributed by atoms with van der Waals surface area (Å²) in [4.78, 5) is 2.16. The maximum Gasteiger partial charge on any atom is 0.134 e. The Labute approximate surface area is 99.2 Å². The lowest BCUT2D eigenvalue weighted by molar-refractivity contribution is 0.321. The number of phenolic OH excluding ortho intramolecular Hbond substituents is 1. The molecular formula is C11H17BrN2O. The molecule has 1 aromatic carbocycles. The van der Waals surface area contributed by atoms with Gasteiger partial charge in [-0.1, -0.05) is 12.1 Å². The second-order valence-electron chi connectivity index (χ2n) is 3.59. The number of halogens is 1. The van der Waals surface area contributed by atoms with E-state index in [0.717, 1.165) is 29.7 Å². The fraction of sp³-hybridized carbons (Fsp3) is 0.455. The van der Waals surface area contributed by atoms with Crippen LogP contribution < -0.4 is 5.32 Å². The van der Waals surface area contributed by atoms with Crippen molar-refractivity contribution in [2.45, 2.75) is 6.54 Å².